The lowest BCUT2D eigenvalue weighted by atomic mass is 10.1. The summed E-state index contributed by atoms with van der Waals surface area (Å²) in [5.74, 6) is -1.10. The molecule has 0 aliphatic rings. The van der Waals surface area contributed by atoms with Crippen molar-refractivity contribution in [2.75, 3.05) is 0 Å². The number of halogens is 3. The maximum Gasteiger partial charge on any atom is 0.407 e. The maximum atomic E-state index is 13.6. The first kappa shape index (κ1) is 22.1. The number of alkyl halides is 2. The van der Waals surface area contributed by atoms with Gasteiger partial charge < -0.3 is 14.4 Å². The van der Waals surface area contributed by atoms with Crippen LogP contribution in [0.1, 0.15) is 13.8 Å². The van der Waals surface area contributed by atoms with E-state index in [1.165, 1.54) is 6.20 Å². The normalized spacial score (nSPS) is 11.9. The first-order valence-electron chi connectivity index (χ1n) is 9.36. The van der Waals surface area contributed by atoms with Gasteiger partial charge in [0.1, 0.15) is 5.75 Å². The second-order valence-electron chi connectivity index (χ2n) is 7.06. The molecule has 0 bridgehead atoms. The van der Waals surface area contributed by atoms with Gasteiger partial charge in [-0.3, -0.25) is 3.97 Å². The Labute approximate surface area is 190 Å². The van der Waals surface area contributed by atoms with Crippen LogP contribution in [0, 0.1) is 0 Å². The van der Waals surface area contributed by atoms with Crippen LogP contribution in [0.5, 0.6) is 5.75 Å². The number of aromatic nitrogens is 3. The zero-order valence-electron chi connectivity index (χ0n) is 16.8. The van der Waals surface area contributed by atoms with E-state index < -0.39 is 11.2 Å². The molecule has 0 radical (unpaired) electrons. The Bertz CT molecular complexity index is 1310. The number of ether oxygens (including phenoxy) is 1. The summed E-state index contributed by atoms with van der Waals surface area (Å²) in [4.78, 5) is 15.1. The fourth-order valence-electron chi connectivity index (χ4n) is 2.94. The molecular formula is C21H16ClF2N3O4S. The minimum Gasteiger partial charge on any atom is -0.489 e. The lowest BCUT2D eigenvalue weighted by Gasteiger charge is -2.11. The number of fused-ring (bicyclic) bond motifs is 1. The number of carbonyl (C=O) groups is 1. The average molecular weight is 480 g/mol. The fraction of sp³-hybridized carbons (Fsp3) is 0.190. The van der Waals surface area contributed by atoms with E-state index in [1.807, 2.05) is 13.8 Å². The SMILES string of the molecule is CC(C)Oc1ccc(-c2nc(-c3ccc4c(ccn4SC(F)(F)C(=O)O)c3)no2)cc1Cl. The molecule has 4 aromatic rings. The summed E-state index contributed by atoms with van der Waals surface area (Å²) >= 11 is 6.18. The molecule has 0 amide bonds. The topological polar surface area (TPSA) is 90.4 Å². The molecule has 0 aliphatic heterocycles. The van der Waals surface area contributed by atoms with E-state index >= 15 is 0 Å². The highest BCUT2D eigenvalue weighted by molar-refractivity contribution is 7.99. The second kappa shape index (κ2) is 8.44. The summed E-state index contributed by atoms with van der Waals surface area (Å²) in [6.45, 7) is 3.80. The van der Waals surface area contributed by atoms with Gasteiger partial charge in [0.25, 0.3) is 5.89 Å². The predicted molar refractivity (Wildman–Crippen MR) is 117 cm³/mol. The largest absolute Gasteiger partial charge is 0.489 e. The molecule has 2 aromatic heterocycles. The van der Waals surface area contributed by atoms with Gasteiger partial charge >= 0.3 is 11.2 Å². The van der Waals surface area contributed by atoms with Crippen molar-refractivity contribution in [1.29, 1.82) is 0 Å². The van der Waals surface area contributed by atoms with Crippen LogP contribution in [0.3, 0.4) is 0 Å². The number of benzene rings is 2. The van der Waals surface area contributed by atoms with Crippen molar-refractivity contribution in [1.82, 2.24) is 14.1 Å². The minimum atomic E-state index is -3.95. The van der Waals surface area contributed by atoms with Crippen LogP contribution in [0.2, 0.25) is 5.02 Å². The van der Waals surface area contributed by atoms with Crippen molar-refractivity contribution in [3.05, 3.63) is 53.7 Å². The molecule has 4 rings (SSSR count). The van der Waals surface area contributed by atoms with Crippen molar-refractivity contribution in [3.63, 3.8) is 0 Å². The predicted octanol–water partition coefficient (Wildman–Crippen LogP) is 5.97. The van der Waals surface area contributed by atoms with Crippen molar-refractivity contribution < 1.29 is 27.9 Å². The lowest BCUT2D eigenvalue weighted by molar-refractivity contribution is -0.152. The summed E-state index contributed by atoms with van der Waals surface area (Å²) in [6.07, 6.45) is 1.35. The summed E-state index contributed by atoms with van der Waals surface area (Å²) in [5, 5.41) is 9.70. The van der Waals surface area contributed by atoms with Gasteiger partial charge in [-0.15, -0.1) is 0 Å². The van der Waals surface area contributed by atoms with Crippen LogP contribution in [0.15, 0.2) is 53.2 Å². The first-order valence-corrected chi connectivity index (χ1v) is 10.5. The summed E-state index contributed by atoms with van der Waals surface area (Å²) < 4.78 is 39.2. The summed E-state index contributed by atoms with van der Waals surface area (Å²) in [6, 6.07) is 11.7. The quantitative estimate of drug-likeness (QED) is 0.349. The van der Waals surface area contributed by atoms with Crippen LogP contribution in [0.4, 0.5) is 8.78 Å². The Morgan fingerprint density at radius 3 is 2.66 bits per heavy atom. The number of rotatable bonds is 7. The third-order valence-corrected chi connectivity index (χ3v) is 5.56. The Kier molecular flexibility index (Phi) is 5.83. The van der Waals surface area contributed by atoms with Crippen LogP contribution in [0.25, 0.3) is 33.7 Å². The van der Waals surface area contributed by atoms with Gasteiger partial charge in [0, 0.05) is 34.7 Å². The number of carboxylic acids is 1. The third-order valence-electron chi connectivity index (χ3n) is 4.34. The van der Waals surface area contributed by atoms with E-state index in [2.05, 4.69) is 10.1 Å². The number of nitrogens with zero attached hydrogens (tertiary/aromatic N) is 3. The molecule has 0 saturated carbocycles. The number of hydrogen-bond acceptors (Lipinski definition) is 6. The van der Waals surface area contributed by atoms with Crippen LogP contribution in [-0.2, 0) is 4.79 Å². The molecule has 2 heterocycles. The van der Waals surface area contributed by atoms with Gasteiger partial charge in [-0.1, -0.05) is 16.8 Å². The molecule has 0 saturated heterocycles. The highest BCUT2D eigenvalue weighted by atomic mass is 35.5. The van der Waals surface area contributed by atoms with Crippen LogP contribution in [-0.4, -0.2) is 36.5 Å². The highest BCUT2D eigenvalue weighted by Gasteiger charge is 2.41. The summed E-state index contributed by atoms with van der Waals surface area (Å²) in [5.41, 5.74) is 1.64. The third kappa shape index (κ3) is 4.42. The monoisotopic (exact) mass is 479 g/mol. The van der Waals surface area contributed by atoms with Gasteiger partial charge in [0.05, 0.1) is 16.6 Å². The number of hydrogen-bond donors (Lipinski definition) is 1. The van der Waals surface area contributed by atoms with Crippen molar-refractivity contribution >= 4 is 40.4 Å². The van der Waals surface area contributed by atoms with E-state index in [9.17, 15) is 13.6 Å². The fourth-order valence-corrected chi connectivity index (χ4v) is 3.88. The van der Waals surface area contributed by atoms with E-state index in [1.54, 1.807) is 42.5 Å². The van der Waals surface area contributed by atoms with Gasteiger partial charge in [-0.25, -0.2) is 4.79 Å². The zero-order valence-corrected chi connectivity index (χ0v) is 18.3. The maximum absolute atomic E-state index is 13.6. The molecule has 2 aromatic carbocycles. The number of aliphatic carboxylic acids is 1. The molecule has 1 N–H and O–H groups in total. The Balaban J connectivity index is 1.60. The van der Waals surface area contributed by atoms with E-state index in [4.69, 9.17) is 26.0 Å². The lowest BCUT2D eigenvalue weighted by Crippen LogP contribution is -2.25. The average Bonchev–Trinajstić information content (AvgIpc) is 3.36. The Morgan fingerprint density at radius 2 is 1.97 bits per heavy atom. The van der Waals surface area contributed by atoms with Gasteiger partial charge in [-0.2, -0.15) is 13.8 Å². The van der Waals surface area contributed by atoms with Crippen LogP contribution >= 0.6 is 23.5 Å². The zero-order chi connectivity index (χ0) is 23.0. The van der Waals surface area contributed by atoms with Gasteiger partial charge in [-0.05, 0) is 56.3 Å². The van der Waals surface area contributed by atoms with E-state index in [0.717, 1.165) is 3.97 Å². The van der Waals surface area contributed by atoms with Crippen molar-refractivity contribution in [3.8, 4) is 28.6 Å². The van der Waals surface area contributed by atoms with E-state index in [0.29, 0.717) is 38.6 Å². The van der Waals surface area contributed by atoms with Gasteiger partial charge in [0.15, 0.2) is 0 Å². The molecule has 0 atom stereocenters. The van der Waals surface area contributed by atoms with Gasteiger partial charge in [0.2, 0.25) is 5.82 Å². The van der Waals surface area contributed by atoms with Crippen molar-refractivity contribution in [2.24, 2.45) is 0 Å². The molecule has 11 heteroatoms. The molecule has 166 valence electrons. The Hall–Kier alpha value is -3.11. The smallest absolute Gasteiger partial charge is 0.407 e. The molecule has 0 unspecified atom stereocenters. The second-order valence-corrected chi connectivity index (χ2v) is 8.56. The standard InChI is InChI=1S/C21H16ClF2N3O4S/c1-11(2)30-17-6-4-14(10-15(17)22)19-25-18(26-31-19)13-3-5-16-12(9-13)7-8-27(16)32-21(23,24)20(28)29/h3-11H,1-2H3,(H,28,29). The summed E-state index contributed by atoms with van der Waals surface area (Å²) in [7, 11) is 0. The Morgan fingerprint density at radius 1 is 1.22 bits per heavy atom. The van der Waals surface area contributed by atoms with Crippen LogP contribution < -0.4 is 4.74 Å². The molecule has 0 spiro atoms. The van der Waals surface area contributed by atoms with Crippen molar-refractivity contribution in [2.45, 2.75) is 25.2 Å². The molecule has 0 fully saturated rings. The minimum absolute atomic E-state index is 0.0214. The molecule has 32 heavy (non-hydrogen) atoms. The highest BCUT2D eigenvalue weighted by Crippen LogP contribution is 2.35. The molecule has 0 aliphatic carbocycles. The molecular weight excluding hydrogens is 464 g/mol. The van der Waals surface area contributed by atoms with E-state index in [-0.39, 0.29) is 23.9 Å². The molecule has 7 nitrogen and oxygen atoms in total. The number of carboxylic acid groups (broad SMARTS) is 1. The first-order chi connectivity index (χ1) is 15.1.